The zero-order valence-corrected chi connectivity index (χ0v) is 10.4. The van der Waals surface area contributed by atoms with Gasteiger partial charge >= 0.3 is 0 Å². The summed E-state index contributed by atoms with van der Waals surface area (Å²) in [6.45, 7) is 0. The number of oxazole rings is 1. The second-order valence-corrected chi connectivity index (χ2v) is 4.21. The Morgan fingerprint density at radius 3 is 2.75 bits per heavy atom. The monoisotopic (exact) mass is 266 g/mol. The van der Waals surface area contributed by atoms with Gasteiger partial charge in [0.15, 0.2) is 5.58 Å². The Bertz CT molecular complexity index is 772. The van der Waals surface area contributed by atoms with Crippen LogP contribution in [0.2, 0.25) is 0 Å². The minimum Gasteiger partial charge on any atom is -0.437 e. The van der Waals surface area contributed by atoms with Gasteiger partial charge in [0.05, 0.1) is 4.92 Å². The van der Waals surface area contributed by atoms with E-state index in [0.29, 0.717) is 11.5 Å². The van der Waals surface area contributed by atoms with Crippen molar-refractivity contribution < 1.29 is 9.34 Å². The van der Waals surface area contributed by atoms with Gasteiger partial charge in [-0.05, 0) is 23.8 Å². The molecule has 3 rings (SSSR count). The summed E-state index contributed by atoms with van der Waals surface area (Å²) < 4.78 is 5.54. The summed E-state index contributed by atoms with van der Waals surface area (Å²) in [5.41, 5.74) is 2.28. The van der Waals surface area contributed by atoms with E-state index in [4.69, 9.17) is 4.42 Å². The lowest BCUT2D eigenvalue weighted by Crippen LogP contribution is -1.87. The van der Waals surface area contributed by atoms with E-state index in [1.807, 2.05) is 24.3 Å². The SMILES string of the molecule is O=[N+]([O-])c1cccc(/C=C/c2nc3ccccc3o2)c1. The molecule has 0 aliphatic heterocycles. The van der Waals surface area contributed by atoms with Crippen LogP contribution in [0.5, 0.6) is 0 Å². The standard InChI is InChI=1S/C15H10N2O3/c18-17(19)12-5-3-4-11(10-12)8-9-15-16-13-6-1-2-7-14(13)20-15/h1-10H/b9-8+. The molecule has 0 amide bonds. The maximum Gasteiger partial charge on any atom is 0.270 e. The molecule has 0 fully saturated rings. The Labute approximate surface area is 114 Å². The highest BCUT2D eigenvalue weighted by molar-refractivity contribution is 5.76. The fourth-order valence-electron chi connectivity index (χ4n) is 1.87. The Morgan fingerprint density at radius 2 is 1.95 bits per heavy atom. The fraction of sp³-hybridized carbons (Fsp3) is 0. The molecule has 0 aliphatic carbocycles. The summed E-state index contributed by atoms with van der Waals surface area (Å²) >= 11 is 0. The van der Waals surface area contributed by atoms with Gasteiger partial charge in [0.2, 0.25) is 5.89 Å². The predicted octanol–water partition coefficient (Wildman–Crippen LogP) is 3.91. The molecule has 0 aliphatic rings. The van der Waals surface area contributed by atoms with E-state index >= 15 is 0 Å². The van der Waals surface area contributed by atoms with Crippen LogP contribution >= 0.6 is 0 Å². The Hall–Kier alpha value is -2.95. The Balaban J connectivity index is 1.89. The molecule has 20 heavy (non-hydrogen) atoms. The number of aromatic nitrogens is 1. The molecule has 0 atom stereocenters. The number of benzene rings is 2. The summed E-state index contributed by atoms with van der Waals surface area (Å²) in [5, 5.41) is 10.7. The molecule has 0 unspecified atom stereocenters. The zero-order valence-electron chi connectivity index (χ0n) is 10.4. The molecule has 0 bridgehead atoms. The molecule has 0 saturated heterocycles. The first-order chi connectivity index (χ1) is 9.72. The average molecular weight is 266 g/mol. The topological polar surface area (TPSA) is 69.2 Å². The van der Waals surface area contributed by atoms with E-state index in [9.17, 15) is 10.1 Å². The van der Waals surface area contributed by atoms with Crippen LogP contribution in [-0.2, 0) is 0 Å². The van der Waals surface area contributed by atoms with Crippen LogP contribution in [0.4, 0.5) is 5.69 Å². The number of hydrogen-bond acceptors (Lipinski definition) is 4. The highest BCUT2D eigenvalue weighted by atomic mass is 16.6. The summed E-state index contributed by atoms with van der Waals surface area (Å²) in [6, 6.07) is 13.9. The van der Waals surface area contributed by atoms with E-state index in [-0.39, 0.29) is 5.69 Å². The van der Waals surface area contributed by atoms with Crippen LogP contribution in [0.1, 0.15) is 11.5 Å². The molecule has 0 saturated carbocycles. The predicted molar refractivity (Wildman–Crippen MR) is 76.0 cm³/mol. The van der Waals surface area contributed by atoms with E-state index in [1.54, 1.807) is 24.3 Å². The van der Waals surface area contributed by atoms with Crippen LogP contribution in [0.25, 0.3) is 23.3 Å². The highest BCUT2D eigenvalue weighted by Gasteiger charge is 2.04. The van der Waals surface area contributed by atoms with Crippen molar-refractivity contribution >= 4 is 28.9 Å². The first-order valence-corrected chi connectivity index (χ1v) is 6.00. The van der Waals surface area contributed by atoms with Crippen LogP contribution < -0.4 is 0 Å². The van der Waals surface area contributed by atoms with Crippen molar-refractivity contribution in [3.05, 3.63) is 70.1 Å². The fourth-order valence-corrected chi connectivity index (χ4v) is 1.87. The third-order valence-electron chi connectivity index (χ3n) is 2.81. The Morgan fingerprint density at radius 1 is 1.10 bits per heavy atom. The molecule has 0 radical (unpaired) electrons. The minimum atomic E-state index is -0.420. The molecular weight excluding hydrogens is 256 g/mol. The molecule has 0 spiro atoms. The molecule has 1 heterocycles. The van der Waals surface area contributed by atoms with Crippen molar-refractivity contribution in [2.24, 2.45) is 0 Å². The van der Waals surface area contributed by atoms with Gasteiger partial charge in [-0.15, -0.1) is 0 Å². The maximum atomic E-state index is 10.7. The quantitative estimate of drug-likeness (QED) is 0.532. The van der Waals surface area contributed by atoms with E-state index < -0.39 is 4.92 Å². The lowest BCUT2D eigenvalue weighted by molar-refractivity contribution is -0.384. The molecular formula is C15H10N2O3. The van der Waals surface area contributed by atoms with Gasteiger partial charge in [0.25, 0.3) is 5.69 Å². The number of nitrogens with zero attached hydrogens (tertiary/aromatic N) is 2. The molecule has 0 N–H and O–H groups in total. The third-order valence-corrected chi connectivity index (χ3v) is 2.81. The minimum absolute atomic E-state index is 0.0599. The van der Waals surface area contributed by atoms with E-state index in [1.165, 1.54) is 12.1 Å². The van der Waals surface area contributed by atoms with Crippen molar-refractivity contribution in [3.8, 4) is 0 Å². The largest absolute Gasteiger partial charge is 0.437 e. The van der Waals surface area contributed by atoms with Crippen molar-refractivity contribution in [1.29, 1.82) is 0 Å². The number of rotatable bonds is 3. The second kappa shape index (κ2) is 4.97. The summed E-state index contributed by atoms with van der Waals surface area (Å²) in [4.78, 5) is 14.6. The second-order valence-electron chi connectivity index (χ2n) is 4.21. The molecule has 5 nitrogen and oxygen atoms in total. The zero-order chi connectivity index (χ0) is 13.9. The lowest BCUT2D eigenvalue weighted by Gasteiger charge is -1.93. The first kappa shape index (κ1) is 12.1. The van der Waals surface area contributed by atoms with Crippen LogP contribution in [0, 0.1) is 10.1 Å². The highest BCUT2D eigenvalue weighted by Crippen LogP contribution is 2.18. The number of fused-ring (bicyclic) bond motifs is 1. The molecule has 2 aromatic carbocycles. The van der Waals surface area contributed by atoms with Gasteiger partial charge in [0, 0.05) is 18.2 Å². The van der Waals surface area contributed by atoms with Gasteiger partial charge < -0.3 is 4.42 Å². The number of nitro groups is 1. The van der Waals surface area contributed by atoms with E-state index in [0.717, 1.165) is 11.1 Å². The van der Waals surface area contributed by atoms with Gasteiger partial charge in [-0.2, -0.15) is 0 Å². The number of hydrogen-bond donors (Lipinski definition) is 0. The first-order valence-electron chi connectivity index (χ1n) is 6.00. The molecule has 98 valence electrons. The molecule has 3 aromatic rings. The molecule has 5 heteroatoms. The summed E-state index contributed by atoms with van der Waals surface area (Å²) in [5.74, 6) is 0.470. The van der Waals surface area contributed by atoms with Crippen molar-refractivity contribution in [2.45, 2.75) is 0 Å². The lowest BCUT2D eigenvalue weighted by atomic mass is 10.2. The van der Waals surface area contributed by atoms with Crippen LogP contribution in [0.3, 0.4) is 0 Å². The van der Waals surface area contributed by atoms with Gasteiger partial charge in [-0.25, -0.2) is 4.98 Å². The van der Waals surface area contributed by atoms with Gasteiger partial charge in [-0.1, -0.05) is 24.3 Å². The van der Waals surface area contributed by atoms with Gasteiger partial charge in [0.1, 0.15) is 5.52 Å². The smallest absolute Gasteiger partial charge is 0.270 e. The number of non-ortho nitro benzene ring substituents is 1. The van der Waals surface area contributed by atoms with Crippen molar-refractivity contribution in [2.75, 3.05) is 0 Å². The van der Waals surface area contributed by atoms with Crippen molar-refractivity contribution in [1.82, 2.24) is 4.98 Å². The van der Waals surface area contributed by atoms with E-state index in [2.05, 4.69) is 4.98 Å². The summed E-state index contributed by atoms with van der Waals surface area (Å²) in [7, 11) is 0. The normalized spacial score (nSPS) is 11.2. The van der Waals surface area contributed by atoms with Crippen LogP contribution in [0.15, 0.2) is 52.9 Å². The average Bonchev–Trinajstić information content (AvgIpc) is 2.88. The molecule has 1 aromatic heterocycles. The van der Waals surface area contributed by atoms with Crippen molar-refractivity contribution in [3.63, 3.8) is 0 Å². The van der Waals surface area contributed by atoms with Crippen LogP contribution in [-0.4, -0.2) is 9.91 Å². The maximum absolute atomic E-state index is 10.7. The summed E-state index contributed by atoms with van der Waals surface area (Å²) in [6.07, 6.45) is 3.43. The number of para-hydroxylation sites is 2. The number of nitro benzene ring substituents is 1. The van der Waals surface area contributed by atoms with Gasteiger partial charge in [-0.3, -0.25) is 10.1 Å². The third kappa shape index (κ3) is 2.42. The Kier molecular flexibility index (Phi) is 3.01.